The smallest absolute Gasteiger partial charge is 1.00 e. The number of alkyl halides is 2. The second kappa shape index (κ2) is 40.7. The zero-order valence-corrected chi connectivity index (χ0v) is 53.2. The molecule has 6 aromatic rings. The van der Waals surface area contributed by atoms with Crippen molar-refractivity contribution in [2.45, 2.75) is 39.0 Å². The molecule has 4 aromatic carbocycles. The molecule has 396 valence electrons. The molecule has 4 heterocycles. The summed E-state index contributed by atoms with van der Waals surface area (Å²) in [5, 5.41) is 15.2. The summed E-state index contributed by atoms with van der Waals surface area (Å²) >= 11 is 3.41. The number of nitrogens with zero attached hydrogens (tertiary/aromatic N) is 7. The van der Waals surface area contributed by atoms with Gasteiger partial charge in [0.25, 0.3) is 6.47 Å². The minimum atomic E-state index is -1.00. The molecule has 75 heavy (non-hydrogen) atoms. The molecular formula is C58H78BrFK2N8O5. The topological polar surface area (TPSA) is 106 Å². The first kappa shape index (κ1) is 66.8. The largest absolute Gasteiger partial charge is 1.00 e. The minimum Gasteiger partial charge on any atom is -1.00 e. The van der Waals surface area contributed by atoms with Gasteiger partial charge in [0.1, 0.15) is 11.5 Å². The number of aromatic nitrogens is 2. The Morgan fingerprint density at radius 1 is 0.707 bits per heavy atom. The molecule has 2 aliphatic rings. The van der Waals surface area contributed by atoms with Crippen LogP contribution in [0.4, 0.5) is 4.39 Å². The average Bonchev–Trinajstić information content (AvgIpc) is 3.90. The van der Waals surface area contributed by atoms with E-state index in [4.69, 9.17) is 33.7 Å². The quantitative estimate of drug-likeness (QED) is 0.0229. The van der Waals surface area contributed by atoms with E-state index in [1.807, 2.05) is 13.1 Å². The first-order chi connectivity index (χ1) is 36.0. The van der Waals surface area contributed by atoms with Crippen molar-refractivity contribution < 1.29 is 134 Å². The Bertz CT molecular complexity index is 2580. The molecule has 0 saturated carbocycles. The molecule has 0 radical (unpaired) electrons. The van der Waals surface area contributed by atoms with E-state index in [1.54, 1.807) is 0 Å². The number of piperazine rings is 2. The van der Waals surface area contributed by atoms with Gasteiger partial charge >= 0.3 is 103 Å². The van der Waals surface area contributed by atoms with Crippen LogP contribution < -0.4 is 123 Å². The second-order valence-electron chi connectivity index (χ2n) is 18.0. The Morgan fingerprint density at radius 2 is 1.12 bits per heavy atom. The number of aryl methyl sites for hydroxylation is 2. The molecule has 2 saturated heterocycles. The van der Waals surface area contributed by atoms with E-state index in [0.717, 1.165) is 115 Å². The molecule has 2 aromatic heterocycles. The van der Waals surface area contributed by atoms with Gasteiger partial charge in [-0.2, -0.15) is 0 Å². The first-order valence-corrected chi connectivity index (χ1v) is 25.9. The summed E-state index contributed by atoms with van der Waals surface area (Å²) in [5.41, 5.74) is 7.77. The van der Waals surface area contributed by atoms with Crippen molar-refractivity contribution in [3.05, 3.63) is 132 Å². The number of fused-ring (bicyclic) bond motifs is 2. The number of halogens is 2. The molecule has 0 bridgehead atoms. The molecule has 2 fully saturated rings. The summed E-state index contributed by atoms with van der Waals surface area (Å²) in [6, 6.07) is 38.5. The molecular weight excluding hydrogens is 1070 g/mol. The second-order valence-corrected chi connectivity index (χ2v) is 18.8. The molecule has 0 aliphatic carbocycles. The summed E-state index contributed by atoms with van der Waals surface area (Å²) < 4.78 is 31.8. The summed E-state index contributed by atoms with van der Waals surface area (Å²) in [7, 11) is 7.29. The van der Waals surface area contributed by atoms with Crippen LogP contribution in [0.15, 0.2) is 109 Å². The fourth-order valence-electron chi connectivity index (χ4n) is 8.68. The van der Waals surface area contributed by atoms with Gasteiger partial charge in [-0.05, 0) is 86.6 Å². The maximum Gasteiger partial charge on any atom is 1.00 e. The van der Waals surface area contributed by atoms with Crippen molar-refractivity contribution in [3.8, 4) is 36.2 Å². The third-order valence-electron chi connectivity index (χ3n) is 12.5. The van der Waals surface area contributed by atoms with Gasteiger partial charge in [0, 0.05) is 138 Å². The maximum absolute atomic E-state index is 9.96. The zero-order chi connectivity index (χ0) is 53.3. The SMILES string of the molecule is C#CCN(C)Cc1cc2cc(OCCCBr)ccc2n1C.C#CCN(C)Cc1cc2cc(OCCCN3CCN(Cc4ccccc4)CC3)ccc2n1C.O=CO[O-].[2H]CF.[H-].[K+].[K+].c1ccc(CN2CCNCC2)cc1. The molecule has 13 nitrogen and oxygen atoms in total. The first-order valence-electron chi connectivity index (χ1n) is 25.5. The number of terminal acetylenes is 2. The number of carbonyl (C=O) groups is 1. The average molecular weight is 1150 g/mol. The van der Waals surface area contributed by atoms with Crippen LogP contribution in [0, 0.1) is 24.7 Å². The zero-order valence-electron chi connectivity index (χ0n) is 47.4. The molecule has 0 atom stereocenters. The number of hydrogen-bond donors (Lipinski definition) is 1. The van der Waals surface area contributed by atoms with Gasteiger partial charge in [0.2, 0.25) is 0 Å². The molecule has 1 N–H and O–H groups in total. The molecule has 0 unspecified atom stereocenters. The Balaban J connectivity index is 0.000000577. The number of carbonyl (C=O) groups excluding carboxylic acids is 1. The Hall–Kier alpha value is -2.45. The van der Waals surface area contributed by atoms with Gasteiger partial charge in [0.05, 0.1) is 34.8 Å². The molecule has 0 amide bonds. The third-order valence-corrected chi connectivity index (χ3v) is 13.0. The van der Waals surface area contributed by atoms with Crippen molar-refractivity contribution in [1.82, 2.24) is 39.0 Å². The predicted octanol–water partition coefficient (Wildman–Crippen LogP) is 1.47. The number of rotatable bonds is 20. The monoisotopic (exact) mass is 1140 g/mol. The number of ether oxygens (including phenoxy) is 2. The van der Waals surface area contributed by atoms with Crippen LogP contribution in [0.1, 0.15) is 38.2 Å². The van der Waals surface area contributed by atoms with Crippen molar-refractivity contribution in [3.63, 3.8) is 0 Å². The van der Waals surface area contributed by atoms with Crippen molar-refractivity contribution >= 4 is 44.2 Å². The molecule has 2 aliphatic heterocycles. The van der Waals surface area contributed by atoms with Crippen LogP contribution in [0.5, 0.6) is 11.5 Å². The summed E-state index contributed by atoms with van der Waals surface area (Å²) in [6.07, 6.45) is 12.8. The van der Waals surface area contributed by atoms with E-state index in [0.29, 0.717) is 13.1 Å². The van der Waals surface area contributed by atoms with Crippen molar-refractivity contribution in [2.75, 3.05) is 112 Å². The van der Waals surface area contributed by atoms with E-state index < -0.39 is 7.15 Å². The number of benzene rings is 4. The summed E-state index contributed by atoms with van der Waals surface area (Å²) in [6.45, 7) is 16.7. The maximum atomic E-state index is 9.96. The fraction of sp³-hybridized carbons (Fsp3) is 0.431. The van der Waals surface area contributed by atoms with Crippen LogP contribution >= 0.6 is 15.9 Å². The molecule has 8 rings (SSSR count). The standard InChI is InChI=1S/C28H36N4O.C17H21BrN2O.C11H16N2.CH3F.CH2O3.2K.H/c1-4-13-29(2)23-26-20-25-21-27(11-12-28(25)30(26)3)33-19-8-14-31-15-17-32(18-16-31)22-24-9-6-5-7-10-24;1-4-9-19(2)13-15-11-14-12-16(21-10-5-8-18)6-7-17(14)20(15)3;1-2-4-11(5-3-1)10-13-8-6-12-7-9-13;1-2;2-1-4-3;;;/h1,5-7,9-12,20-21H,8,13-19,22-23H2,2-3H3;1,6-7,11-12H,5,8-10,13H2,2-3H3;1-5,12H,6-10H2;1H3;1,3H;;;/q;;;;;2*+1;-1/p-1/i;;;1D;;;;. The van der Waals surface area contributed by atoms with Crippen LogP contribution in [0.25, 0.3) is 21.8 Å². The van der Waals surface area contributed by atoms with Crippen LogP contribution in [0.3, 0.4) is 0 Å². The molecule has 0 spiro atoms. The minimum absolute atomic E-state index is 0. The van der Waals surface area contributed by atoms with Crippen LogP contribution in [0.2, 0.25) is 0 Å². The van der Waals surface area contributed by atoms with E-state index in [2.05, 4.69) is 196 Å². The van der Waals surface area contributed by atoms with E-state index in [9.17, 15) is 4.39 Å². The van der Waals surface area contributed by atoms with Crippen LogP contribution in [-0.4, -0.2) is 152 Å². The fourth-order valence-corrected chi connectivity index (χ4v) is 8.90. The van der Waals surface area contributed by atoms with Gasteiger partial charge in [-0.1, -0.05) is 88.4 Å². The van der Waals surface area contributed by atoms with E-state index in [-0.39, 0.29) is 111 Å². The Labute approximate surface area is 543 Å². The summed E-state index contributed by atoms with van der Waals surface area (Å²) in [5.74, 6) is 7.25. The van der Waals surface area contributed by atoms with Gasteiger partial charge < -0.3 is 40.4 Å². The van der Waals surface area contributed by atoms with Gasteiger partial charge in [-0.15, -0.1) is 12.8 Å². The Kier molecular flexibility index (Phi) is 36.3. The van der Waals surface area contributed by atoms with Crippen molar-refractivity contribution in [2.24, 2.45) is 14.1 Å². The predicted molar refractivity (Wildman–Crippen MR) is 298 cm³/mol. The third kappa shape index (κ3) is 25.5. The number of nitrogens with one attached hydrogen (secondary N) is 1. The van der Waals surface area contributed by atoms with Gasteiger partial charge in [-0.25, -0.2) is 0 Å². The molecule has 17 heteroatoms. The van der Waals surface area contributed by atoms with Crippen molar-refractivity contribution in [1.29, 1.82) is 0 Å². The van der Waals surface area contributed by atoms with Crippen LogP contribution in [-0.2, 0) is 50.0 Å². The summed E-state index contributed by atoms with van der Waals surface area (Å²) in [4.78, 5) is 23.1. The Morgan fingerprint density at radius 3 is 1.53 bits per heavy atom. The van der Waals surface area contributed by atoms with E-state index >= 15 is 0 Å². The normalized spacial score (nSPS) is 13.6. The number of hydrogen-bond acceptors (Lipinski definition) is 11. The van der Waals surface area contributed by atoms with Gasteiger partial charge in [0.15, 0.2) is 0 Å². The van der Waals surface area contributed by atoms with E-state index in [1.165, 1.54) is 57.4 Å². The van der Waals surface area contributed by atoms with Gasteiger partial charge in [-0.3, -0.25) is 28.8 Å².